The fourth-order valence-electron chi connectivity index (χ4n) is 4.40. The van der Waals surface area contributed by atoms with Crippen molar-refractivity contribution in [2.75, 3.05) is 0 Å². The Morgan fingerprint density at radius 3 is 1.77 bits per heavy atom. The Bertz CT molecular complexity index is 1510. The van der Waals surface area contributed by atoms with Gasteiger partial charge >= 0.3 is 5.97 Å². The van der Waals surface area contributed by atoms with Crippen LogP contribution in [-0.4, -0.2) is 35.0 Å². The van der Waals surface area contributed by atoms with Crippen molar-refractivity contribution < 1.29 is 33.4 Å². The molecule has 0 bridgehead atoms. The van der Waals surface area contributed by atoms with Gasteiger partial charge in [0.1, 0.15) is 31.1 Å². The van der Waals surface area contributed by atoms with Gasteiger partial charge in [0.05, 0.1) is 0 Å². The van der Waals surface area contributed by atoms with Crippen LogP contribution in [0.1, 0.15) is 29.2 Å². The number of halogens is 1. The molecule has 0 radical (unpaired) electrons. The third-order valence-electron chi connectivity index (χ3n) is 6.58. The topological polar surface area (TPSA) is 114 Å². The van der Waals surface area contributed by atoms with Crippen molar-refractivity contribution in [3.63, 3.8) is 0 Å². The van der Waals surface area contributed by atoms with Crippen LogP contribution in [-0.2, 0) is 40.4 Å². The Morgan fingerprint density at radius 2 is 1.21 bits per heavy atom. The maximum absolute atomic E-state index is 13.3. The van der Waals surface area contributed by atoms with E-state index in [0.717, 1.165) is 11.1 Å². The molecule has 43 heavy (non-hydrogen) atoms. The van der Waals surface area contributed by atoms with E-state index in [4.69, 9.17) is 9.47 Å². The third-order valence-corrected chi connectivity index (χ3v) is 6.58. The van der Waals surface area contributed by atoms with E-state index >= 15 is 0 Å². The van der Waals surface area contributed by atoms with Gasteiger partial charge in [0.25, 0.3) is 0 Å². The lowest BCUT2D eigenvalue weighted by Crippen LogP contribution is -2.52. The van der Waals surface area contributed by atoms with Crippen LogP contribution < -0.4 is 20.1 Å². The molecule has 0 spiro atoms. The van der Waals surface area contributed by atoms with Crippen LogP contribution in [0, 0.1) is 5.82 Å². The molecular weight excluding hydrogens is 551 g/mol. The number of hydrogen-bond acceptors (Lipinski definition) is 5. The van der Waals surface area contributed by atoms with Gasteiger partial charge in [0.2, 0.25) is 11.8 Å². The molecule has 8 nitrogen and oxygen atoms in total. The molecule has 2 atom stereocenters. The van der Waals surface area contributed by atoms with Crippen molar-refractivity contribution in [1.82, 2.24) is 10.6 Å². The van der Waals surface area contributed by atoms with E-state index in [0.29, 0.717) is 29.2 Å². The van der Waals surface area contributed by atoms with E-state index in [9.17, 15) is 23.9 Å². The molecule has 0 aromatic heterocycles. The monoisotopic (exact) mass is 584 g/mol. The van der Waals surface area contributed by atoms with Gasteiger partial charge in [-0.3, -0.25) is 9.59 Å². The van der Waals surface area contributed by atoms with Crippen molar-refractivity contribution in [3.05, 3.63) is 131 Å². The summed E-state index contributed by atoms with van der Waals surface area (Å²) in [6, 6.07) is 27.6. The second-order valence-electron chi connectivity index (χ2n) is 10.0. The average Bonchev–Trinajstić information content (AvgIpc) is 3.00. The maximum Gasteiger partial charge on any atom is 0.326 e. The Balaban J connectivity index is 1.50. The molecule has 4 aromatic rings. The summed E-state index contributed by atoms with van der Waals surface area (Å²) in [5, 5.41) is 15.0. The van der Waals surface area contributed by atoms with Crippen LogP contribution in [0.25, 0.3) is 0 Å². The Morgan fingerprint density at radius 1 is 0.674 bits per heavy atom. The zero-order valence-electron chi connectivity index (χ0n) is 23.7. The first-order valence-electron chi connectivity index (χ1n) is 13.8. The summed E-state index contributed by atoms with van der Waals surface area (Å²) < 4.78 is 25.5. The van der Waals surface area contributed by atoms with E-state index in [-0.39, 0.29) is 19.4 Å². The number of amides is 2. The Kier molecular flexibility index (Phi) is 10.9. The van der Waals surface area contributed by atoms with Crippen LogP contribution in [0.5, 0.6) is 11.5 Å². The van der Waals surface area contributed by atoms with E-state index in [2.05, 4.69) is 10.6 Å². The quantitative estimate of drug-likeness (QED) is 0.195. The summed E-state index contributed by atoms with van der Waals surface area (Å²) in [7, 11) is 0. The molecule has 0 unspecified atom stereocenters. The van der Waals surface area contributed by atoms with Gasteiger partial charge in [-0.2, -0.15) is 0 Å². The molecule has 4 rings (SSSR count). The molecule has 3 N–H and O–H groups in total. The molecule has 0 aliphatic heterocycles. The van der Waals surface area contributed by atoms with Crippen LogP contribution in [0.2, 0.25) is 0 Å². The van der Waals surface area contributed by atoms with Crippen LogP contribution in [0.4, 0.5) is 4.39 Å². The fraction of sp³-hybridized carbons (Fsp3) is 0.206. The molecule has 4 aromatic carbocycles. The molecule has 0 fully saturated rings. The minimum atomic E-state index is -1.30. The summed E-state index contributed by atoms with van der Waals surface area (Å²) in [5.74, 6) is -1.88. The van der Waals surface area contributed by atoms with Gasteiger partial charge < -0.3 is 25.2 Å². The van der Waals surface area contributed by atoms with Gasteiger partial charge in [-0.15, -0.1) is 0 Å². The highest BCUT2D eigenvalue weighted by Crippen LogP contribution is 2.30. The van der Waals surface area contributed by atoms with Crippen molar-refractivity contribution in [3.8, 4) is 11.5 Å². The first kappa shape index (κ1) is 30.8. The zero-order valence-corrected chi connectivity index (χ0v) is 23.7. The highest BCUT2D eigenvalue weighted by Gasteiger charge is 2.27. The number of aliphatic carboxylic acids is 1. The summed E-state index contributed by atoms with van der Waals surface area (Å²) in [6.45, 7) is 1.85. The minimum absolute atomic E-state index is 0.0505. The Labute approximate surface area is 249 Å². The summed E-state index contributed by atoms with van der Waals surface area (Å²) in [6.07, 6.45) is 0.00797. The lowest BCUT2D eigenvalue weighted by molar-refractivity contribution is -0.142. The SMILES string of the molecule is CC(=O)N[C@@H](Cc1ccc(F)cc1)C(=O)N[C@H](Cc1ccc(OCc2ccccc2)c(OCc2ccccc2)c1)C(=O)O. The predicted octanol–water partition coefficient (Wildman–Crippen LogP) is 4.84. The van der Waals surface area contributed by atoms with E-state index in [1.165, 1.54) is 31.2 Å². The van der Waals surface area contributed by atoms with Gasteiger partial charge in [-0.25, -0.2) is 9.18 Å². The van der Waals surface area contributed by atoms with Crippen molar-refractivity contribution in [2.45, 2.75) is 45.1 Å². The number of carbonyl (C=O) groups is 3. The first-order valence-corrected chi connectivity index (χ1v) is 13.8. The lowest BCUT2D eigenvalue weighted by Gasteiger charge is -2.22. The number of ether oxygens (including phenoxy) is 2. The summed E-state index contributed by atoms with van der Waals surface area (Å²) >= 11 is 0. The number of hydrogen-bond donors (Lipinski definition) is 3. The molecule has 9 heteroatoms. The predicted molar refractivity (Wildman–Crippen MR) is 159 cm³/mol. The largest absolute Gasteiger partial charge is 0.485 e. The van der Waals surface area contributed by atoms with Crippen molar-refractivity contribution in [1.29, 1.82) is 0 Å². The third kappa shape index (κ3) is 9.71. The molecule has 0 aliphatic carbocycles. The average molecular weight is 585 g/mol. The van der Waals surface area contributed by atoms with E-state index < -0.39 is 35.7 Å². The van der Waals surface area contributed by atoms with Gasteiger partial charge in [-0.1, -0.05) is 78.9 Å². The standard InChI is InChI=1S/C34H33FN2O6/c1-23(38)36-29(18-24-12-15-28(35)16-13-24)33(39)37-30(34(40)41)19-27-14-17-31(42-21-25-8-4-2-5-9-25)32(20-27)43-22-26-10-6-3-7-11-26/h2-17,20,29-30H,18-19,21-22H2,1H3,(H,36,38)(H,37,39)(H,40,41)/t29-,30+/m0/s1. The second kappa shape index (κ2) is 15.2. The lowest BCUT2D eigenvalue weighted by atomic mass is 10.0. The molecule has 0 saturated carbocycles. The number of rotatable bonds is 14. The van der Waals surface area contributed by atoms with Crippen LogP contribution in [0.3, 0.4) is 0 Å². The van der Waals surface area contributed by atoms with Crippen molar-refractivity contribution >= 4 is 17.8 Å². The number of nitrogens with one attached hydrogen (secondary N) is 2. The smallest absolute Gasteiger partial charge is 0.326 e. The molecular formula is C34H33FN2O6. The normalized spacial score (nSPS) is 12.0. The van der Waals surface area contributed by atoms with Gasteiger partial charge in [0, 0.05) is 19.8 Å². The minimum Gasteiger partial charge on any atom is -0.485 e. The summed E-state index contributed by atoms with van der Waals surface area (Å²) in [5.41, 5.74) is 3.12. The molecule has 0 saturated heterocycles. The molecule has 2 amide bonds. The number of carboxylic acid groups (broad SMARTS) is 1. The maximum atomic E-state index is 13.3. The molecule has 0 aliphatic rings. The highest BCUT2D eigenvalue weighted by atomic mass is 19.1. The fourth-order valence-corrected chi connectivity index (χ4v) is 4.40. The second-order valence-corrected chi connectivity index (χ2v) is 10.0. The number of benzene rings is 4. The number of carbonyl (C=O) groups excluding carboxylic acids is 2. The van der Waals surface area contributed by atoms with Gasteiger partial charge in [-0.05, 0) is 46.5 Å². The van der Waals surface area contributed by atoms with E-state index in [1.807, 2.05) is 60.7 Å². The summed E-state index contributed by atoms with van der Waals surface area (Å²) in [4.78, 5) is 37.1. The molecule has 0 heterocycles. The first-order chi connectivity index (χ1) is 20.8. The Hall–Kier alpha value is -5.18. The van der Waals surface area contributed by atoms with E-state index in [1.54, 1.807) is 18.2 Å². The molecule has 222 valence electrons. The number of carboxylic acids is 1. The zero-order chi connectivity index (χ0) is 30.6. The van der Waals surface area contributed by atoms with Crippen molar-refractivity contribution in [2.24, 2.45) is 0 Å². The van der Waals surface area contributed by atoms with Gasteiger partial charge in [0.15, 0.2) is 11.5 Å². The van der Waals surface area contributed by atoms with Crippen LogP contribution >= 0.6 is 0 Å². The highest BCUT2D eigenvalue weighted by molar-refractivity contribution is 5.90. The van der Waals surface area contributed by atoms with Crippen LogP contribution in [0.15, 0.2) is 103 Å².